The summed E-state index contributed by atoms with van der Waals surface area (Å²) >= 11 is 5.58. The number of hydrogen-bond donors (Lipinski definition) is 2. The number of benzene rings is 1. The fourth-order valence-electron chi connectivity index (χ4n) is 2.03. The van der Waals surface area contributed by atoms with Crippen LogP contribution in [0.1, 0.15) is 35.3 Å². The van der Waals surface area contributed by atoms with Crippen molar-refractivity contribution in [3.63, 3.8) is 0 Å². The quantitative estimate of drug-likeness (QED) is 0.847. The number of nitrogens with zero attached hydrogens (tertiary/aromatic N) is 2. The number of rotatable bonds is 6. The van der Waals surface area contributed by atoms with Gasteiger partial charge in [-0.05, 0) is 24.1 Å². The third-order valence-corrected chi connectivity index (χ3v) is 3.45. The first-order valence-corrected chi connectivity index (χ1v) is 7.31. The molecule has 0 bridgehead atoms. The molecule has 1 unspecified atom stereocenters. The van der Waals surface area contributed by atoms with Gasteiger partial charge in [-0.25, -0.2) is 9.18 Å². The van der Waals surface area contributed by atoms with Crippen molar-refractivity contribution in [1.29, 1.82) is 0 Å². The molecule has 0 saturated heterocycles. The maximum Gasteiger partial charge on any atom is 0.330 e. The van der Waals surface area contributed by atoms with Crippen LogP contribution in [-0.2, 0) is 11.3 Å². The summed E-state index contributed by atoms with van der Waals surface area (Å²) in [6, 6.07) is 2.20. The molecule has 8 heteroatoms. The van der Waals surface area contributed by atoms with Gasteiger partial charge in [-0.3, -0.25) is 9.48 Å². The van der Waals surface area contributed by atoms with Gasteiger partial charge in [0.25, 0.3) is 5.91 Å². The van der Waals surface area contributed by atoms with Crippen LogP contribution >= 0.6 is 11.6 Å². The highest BCUT2D eigenvalue weighted by Crippen LogP contribution is 2.21. The zero-order valence-corrected chi connectivity index (χ0v) is 13.0. The number of aryl methyl sites for hydroxylation is 1. The van der Waals surface area contributed by atoms with Gasteiger partial charge in [0.2, 0.25) is 0 Å². The molecule has 0 aliphatic carbocycles. The zero-order chi connectivity index (χ0) is 17.0. The molecule has 2 aromatic rings. The maximum absolute atomic E-state index is 13.5. The van der Waals surface area contributed by atoms with Crippen LogP contribution in [0.4, 0.5) is 4.39 Å². The van der Waals surface area contributed by atoms with E-state index in [0.29, 0.717) is 6.54 Å². The van der Waals surface area contributed by atoms with Gasteiger partial charge in [0.1, 0.15) is 5.82 Å². The average molecular weight is 340 g/mol. The highest BCUT2D eigenvalue weighted by Gasteiger charge is 2.24. The van der Waals surface area contributed by atoms with Gasteiger partial charge in [-0.2, -0.15) is 5.10 Å². The molecule has 1 aromatic heterocycles. The number of carboxylic acids is 1. The predicted octanol–water partition coefficient (Wildman–Crippen LogP) is 2.64. The predicted molar refractivity (Wildman–Crippen MR) is 81.8 cm³/mol. The van der Waals surface area contributed by atoms with Crippen LogP contribution in [0.15, 0.2) is 30.6 Å². The second kappa shape index (κ2) is 7.23. The Morgan fingerprint density at radius 2 is 2.22 bits per heavy atom. The molecule has 1 aromatic carbocycles. The maximum atomic E-state index is 13.5. The molecule has 0 aliphatic rings. The van der Waals surface area contributed by atoms with Crippen molar-refractivity contribution in [3.8, 4) is 0 Å². The second-order valence-electron chi connectivity index (χ2n) is 4.91. The third kappa shape index (κ3) is 4.07. The van der Waals surface area contributed by atoms with Crippen molar-refractivity contribution >= 4 is 23.5 Å². The van der Waals surface area contributed by atoms with Crippen molar-refractivity contribution in [2.45, 2.75) is 25.9 Å². The van der Waals surface area contributed by atoms with Gasteiger partial charge in [-0.1, -0.05) is 24.6 Å². The normalized spacial score (nSPS) is 12.0. The van der Waals surface area contributed by atoms with Crippen LogP contribution in [0.25, 0.3) is 0 Å². The highest BCUT2D eigenvalue weighted by atomic mass is 35.5. The molecule has 6 nitrogen and oxygen atoms in total. The monoisotopic (exact) mass is 339 g/mol. The molecule has 1 heterocycles. The van der Waals surface area contributed by atoms with Gasteiger partial charge in [0.05, 0.1) is 16.8 Å². The van der Waals surface area contributed by atoms with Crippen LogP contribution in [0, 0.1) is 5.82 Å². The smallest absolute Gasteiger partial charge is 0.330 e. The van der Waals surface area contributed by atoms with Gasteiger partial charge >= 0.3 is 5.97 Å². The molecule has 23 heavy (non-hydrogen) atoms. The van der Waals surface area contributed by atoms with E-state index in [9.17, 15) is 19.1 Å². The lowest BCUT2D eigenvalue weighted by Gasteiger charge is -2.14. The lowest BCUT2D eigenvalue weighted by Crippen LogP contribution is -2.33. The molecule has 0 radical (unpaired) electrons. The van der Waals surface area contributed by atoms with Gasteiger partial charge in [-0.15, -0.1) is 0 Å². The Kier molecular flexibility index (Phi) is 5.33. The number of aromatic nitrogens is 2. The molecule has 0 spiro atoms. The van der Waals surface area contributed by atoms with E-state index < -0.39 is 23.7 Å². The van der Waals surface area contributed by atoms with Crippen molar-refractivity contribution in [2.24, 2.45) is 0 Å². The van der Waals surface area contributed by atoms with Crippen LogP contribution in [0.5, 0.6) is 0 Å². The Balaban J connectivity index is 2.19. The van der Waals surface area contributed by atoms with E-state index in [-0.39, 0.29) is 16.1 Å². The van der Waals surface area contributed by atoms with E-state index in [1.807, 2.05) is 6.92 Å². The van der Waals surface area contributed by atoms with Gasteiger partial charge in [0.15, 0.2) is 6.04 Å². The number of hydrogen-bond acceptors (Lipinski definition) is 3. The summed E-state index contributed by atoms with van der Waals surface area (Å²) < 4.78 is 15.1. The van der Waals surface area contributed by atoms with Crippen molar-refractivity contribution in [1.82, 2.24) is 15.1 Å². The summed E-state index contributed by atoms with van der Waals surface area (Å²) in [5.41, 5.74) is 0.327. The Morgan fingerprint density at radius 3 is 2.83 bits per heavy atom. The summed E-state index contributed by atoms with van der Waals surface area (Å²) in [6.07, 6.45) is 3.73. The number of carboxylic acid groups (broad SMARTS) is 1. The Bertz CT molecular complexity index is 733. The first kappa shape index (κ1) is 17.0. The Hall–Kier alpha value is -2.41. The van der Waals surface area contributed by atoms with Crippen LogP contribution in [0.3, 0.4) is 0 Å². The lowest BCUT2D eigenvalue weighted by molar-refractivity contribution is -0.139. The molecule has 122 valence electrons. The molecule has 1 amide bonds. The van der Waals surface area contributed by atoms with E-state index in [4.69, 9.17) is 11.6 Å². The van der Waals surface area contributed by atoms with E-state index in [1.54, 1.807) is 4.68 Å². The molecule has 0 aliphatic heterocycles. The molecule has 1 atom stereocenters. The number of aliphatic carboxylic acids is 1. The summed E-state index contributed by atoms with van der Waals surface area (Å²) in [4.78, 5) is 23.5. The fourth-order valence-corrected chi connectivity index (χ4v) is 2.14. The highest BCUT2D eigenvalue weighted by molar-refractivity contribution is 6.30. The second-order valence-corrected chi connectivity index (χ2v) is 5.32. The lowest BCUT2D eigenvalue weighted by atomic mass is 10.1. The largest absolute Gasteiger partial charge is 0.479 e. The standard InChI is InChI=1S/C15H15ClFN3O3/c1-2-5-20-8-10(7-18-20)14(21)19-13(15(22)23)9-3-4-11(16)12(17)6-9/h3-4,6-8,13H,2,5H2,1H3,(H,19,21)(H,22,23). The molecular weight excluding hydrogens is 325 g/mol. The van der Waals surface area contributed by atoms with E-state index >= 15 is 0 Å². The van der Waals surface area contributed by atoms with Crippen molar-refractivity contribution in [3.05, 3.63) is 52.6 Å². The summed E-state index contributed by atoms with van der Waals surface area (Å²) in [6.45, 7) is 2.62. The van der Waals surface area contributed by atoms with E-state index in [2.05, 4.69) is 10.4 Å². The number of carbonyl (C=O) groups is 2. The third-order valence-electron chi connectivity index (χ3n) is 3.15. The van der Waals surface area contributed by atoms with Gasteiger partial charge in [0, 0.05) is 12.7 Å². The summed E-state index contributed by atoms with van der Waals surface area (Å²) in [5, 5.41) is 15.5. The number of carbonyl (C=O) groups excluding carboxylic acids is 1. The SMILES string of the molecule is CCCn1cc(C(=O)NC(C(=O)O)c2ccc(Cl)c(F)c2)cn1. The molecule has 2 N–H and O–H groups in total. The molecule has 2 rings (SSSR count). The Labute approximate surface area is 136 Å². The first-order valence-electron chi connectivity index (χ1n) is 6.93. The average Bonchev–Trinajstić information content (AvgIpc) is 2.96. The zero-order valence-electron chi connectivity index (χ0n) is 12.3. The molecule has 0 fully saturated rings. The van der Waals surface area contributed by atoms with Crippen LogP contribution in [-0.4, -0.2) is 26.8 Å². The van der Waals surface area contributed by atoms with Crippen molar-refractivity contribution in [2.75, 3.05) is 0 Å². The molecule has 0 saturated carbocycles. The van der Waals surface area contributed by atoms with Gasteiger partial charge < -0.3 is 10.4 Å². The minimum absolute atomic E-state index is 0.0914. The summed E-state index contributed by atoms with van der Waals surface area (Å²) in [5.74, 6) is -2.66. The van der Waals surface area contributed by atoms with Crippen LogP contribution < -0.4 is 5.32 Å². The Morgan fingerprint density at radius 1 is 1.48 bits per heavy atom. The van der Waals surface area contributed by atoms with E-state index in [0.717, 1.165) is 12.5 Å². The molecular formula is C15H15ClFN3O3. The minimum atomic E-state index is -1.39. The number of halogens is 2. The first-order chi connectivity index (χ1) is 10.9. The van der Waals surface area contributed by atoms with Crippen molar-refractivity contribution < 1.29 is 19.1 Å². The number of amides is 1. The minimum Gasteiger partial charge on any atom is -0.479 e. The summed E-state index contributed by atoms with van der Waals surface area (Å²) in [7, 11) is 0. The topological polar surface area (TPSA) is 84.2 Å². The van der Waals surface area contributed by atoms with Crippen LogP contribution in [0.2, 0.25) is 5.02 Å². The fraction of sp³-hybridized carbons (Fsp3) is 0.267. The number of nitrogens with one attached hydrogen (secondary N) is 1. The van der Waals surface area contributed by atoms with E-state index in [1.165, 1.54) is 24.5 Å².